The Bertz CT molecular complexity index is 1580. The summed E-state index contributed by atoms with van der Waals surface area (Å²) in [7, 11) is 5.84. The number of benzene rings is 2. The molecule has 5 aromatic rings. The highest BCUT2D eigenvalue weighted by Crippen LogP contribution is 2.33. The summed E-state index contributed by atoms with van der Waals surface area (Å²) >= 11 is 0. The van der Waals surface area contributed by atoms with E-state index in [2.05, 4.69) is 15.1 Å². The average Bonchev–Trinajstić information content (AvgIpc) is 3.37. The van der Waals surface area contributed by atoms with E-state index in [9.17, 15) is 9.59 Å². The summed E-state index contributed by atoms with van der Waals surface area (Å²) < 4.78 is 36.9. The molecule has 2 aromatic carbocycles. The van der Waals surface area contributed by atoms with Gasteiger partial charge in [-0.1, -0.05) is 5.16 Å². The molecule has 0 radical (unpaired) electrons. The van der Waals surface area contributed by atoms with Gasteiger partial charge in [0, 0.05) is 30.3 Å². The van der Waals surface area contributed by atoms with Crippen molar-refractivity contribution in [2.24, 2.45) is 0 Å². The molecule has 12 nitrogen and oxygen atoms in total. The van der Waals surface area contributed by atoms with Crippen molar-refractivity contribution in [3.63, 3.8) is 0 Å². The maximum atomic E-state index is 12.6. The van der Waals surface area contributed by atoms with Crippen LogP contribution in [0.4, 0.5) is 0 Å². The quantitative estimate of drug-likeness (QED) is 0.352. The molecule has 12 heteroatoms. The average molecular weight is 479 g/mol. The largest absolute Gasteiger partial charge is 0.493 e. The van der Waals surface area contributed by atoms with Gasteiger partial charge in [0.1, 0.15) is 0 Å². The van der Waals surface area contributed by atoms with Crippen LogP contribution in [-0.2, 0) is 0 Å². The number of aromatic nitrogens is 3. The molecule has 3 aromatic heterocycles. The van der Waals surface area contributed by atoms with Gasteiger partial charge >= 0.3 is 11.3 Å². The number of nitrogens with zero attached hydrogens (tertiary/aromatic N) is 3. The van der Waals surface area contributed by atoms with Crippen LogP contribution in [0.15, 0.2) is 53.3 Å². The van der Waals surface area contributed by atoms with E-state index in [4.69, 9.17) is 32.3 Å². The van der Waals surface area contributed by atoms with Gasteiger partial charge in [0.05, 0.1) is 50.2 Å². The van der Waals surface area contributed by atoms with Crippen LogP contribution in [0.1, 0.15) is 0 Å². The van der Waals surface area contributed by atoms with E-state index in [0.29, 0.717) is 34.0 Å². The minimum Gasteiger partial charge on any atom is -0.493 e. The van der Waals surface area contributed by atoms with E-state index < -0.39 is 11.3 Å². The van der Waals surface area contributed by atoms with E-state index in [1.54, 1.807) is 6.07 Å². The molecule has 0 aliphatic heterocycles. The lowest BCUT2D eigenvalue weighted by Crippen LogP contribution is -2.04. The van der Waals surface area contributed by atoms with Gasteiger partial charge in [-0.2, -0.15) is 0 Å². The maximum Gasteiger partial charge on any atom is 0.347 e. The van der Waals surface area contributed by atoms with E-state index in [-0.39, 0.29) is 34.0 Å². The van der Waals surface area contributed by atoms with Gasteiger partial charge in [0.15, 0.2) is 28.7 Å². The van der Waals surface area contributed by atoms with Crippen molar-refractivity contribution in [1.29, 1.82) is 0 Å². The molecule has 35 heavy (non-hydrogen) atoms. The third kappa shape index (κ3) is 3.70. The third-order valence-electron chi connectivity index (χ3n) is 5.21. The van der Waals surface area contributed by atoms with Gasteiger partial charge in [-0.3, -0.25) is 0 Å². The zero-order chi connectivity index (χ0) is 24.7. The van der Waals surface area contributed by atoms with Gasteiger partial charge in [0.25, 0.3) is 11.8 Å². The van der Waals surface area contributed by atoms with Crippen LogP contribution in [0.5, 0.6) is 23.0 Å². The molecule has 0 amide bonds. The Balaban J connectivity index is 1.59. The van der Waals surface area contributed by atoms with E-state index in [0.717, 1.165) is 0 Å². The summed E-state index contributed by atoms with van der Waals surface area (Å²) in [4.78, 5) is 33.8. The molecule has 0 aliphatic rings. The molecule has 0 bridgehead atoms. The zero-order valence-electron chi connectivity index (χ0n) is 18.9. The van der Waals surface area contributed by atoms with Crippen molar-refractivity contribution < 1.29 is 32.3 Å². The highest BCUT2D eigenvalue weighted by atomic mass is 16.5. The van der Waals surface area contributed by atoms with Crippen LogP contribution < -0.4 is 30.2 Å². The molecule has 0 aliphatic carbocycles. The SMILES string of the molecule is COc1cc2nc(-c3cc(-c4nc5cc(OC)c(OC)cc5c(=O)o4)on3)oc(=O)c2cc1OC. The molecule has 0 saturated carbocycles. The monoisotopic (exact) mass is 479 g/mol. The molecule has 0 fully saturated rings. The lowest BCUT2D eigenvalue weighted by atomic mass is 10.2. The zero-order valence-corrected chi connectivity index (χ0v) is 18.9. The Morgan fingerprint density at radius 2 is 1.09 bits per heavy atom. The lowest BCUT2D eigenvalue weighted by molar-refractivity contribution is 0.355. The molecule has 5 rings (SSSR count). The lowest BCUT2D eigenvalue weighted by Gasteiger charge is -2.08. The van der Waals surface area contributed by atoms with Crippen LogP contribution in [0.25, 0.3) is 45.0 Å². The summed E-state index contributed by atoms with van der Waals surface area (Å²) in [5.41, 5.74) is -0.643. The Labute approximate surface area is 195 Å². The minimum absolute atomic E-state index is 0.0191. The first-order chi connectivity index (χ1) is 16.9. The summed E-state index contributed by atoms with van der Waals surface area (Å²) in [6, 6.07) is 7.41. The summed E-state index contributed by atoms with van der Waals surface area (Å²) in [5, 5.41) is 4.27. The van der Waals surface area contributed by atoms with Crippen molar-refractivity contribution >= 4 is 21.8 Å². The number of rotatable bonds is 6. The van der Waals surface area contributed by atoms with Gasteiger partial charge in [-0.25, -0.2) is 19.6 Å². The second-order valence-electron chi connectivity index (χ2n) is 7.14. The van der Waals surface area contributed by atoms with Crippen molar-refractivity contribution in [2.45, 2.75) is 0 Å². The second-order valence-corrected chi connectivity index (χ2v) is 7.14. The molecule has 0 atom stereocenters. The Morgan fingerprint density at radius 3 is 1.60 bits per heavy atom. The first-order valence-electron chi connectivity index (χ1n) is 10.1. The first-order valence-corrected chi connectivity index (χ1v) is 10.1. The van der Waals surface area contributed by atoms with Crippen molar-refractivity contribution in [3.05, 3.63) is 51.2 Å². The number of hydrogen-bond donors (Lipinski definition) is 0. The summed E-state index contributed by atoms with van der Waals surface area (Å²) in [6.45, 7) is 0. The van der Waals surface area contributed by atoms with Crippen LogP contribution in [-0.4, -0.2) is 43.6 Å². The first kappa shape index (κ1) is 21.9. The predicted octanol–water partition coefficient (Wildman–Crippen LogP) is 3.05. The smallest absolute Gasteiger partial charge is 0.347 e. The summed E-state index contributed by atoms with van der Waals surface area (Å²) in [6.07, 6.45) is 0. The standard InChI is InChI=1S/C23H17N3O9/c1-29-15-5-10-12(7-17(15)31-3)24-20(33-22(10)27)14-9-19(35-26-14)21-25-13-8-18(32-4)16(30-2)6-11(13)23(28)34-21/h5-9H,1-4H3. The third-order valence-corrected chi connectivity index (χ3v) is 5.21. The Morgan fingerprint density at radius 1 is 0.629 bits per heavy atom. The predicted molar refractivity (Wildman–Crippen MR) is 121 cm³/mol. The molecule has 0 unspecified atom stereocenters. The van der Waals surface area contributed by atoms with Crippen LogP contribution in [0.2, 0.25) is 0 Å². The molecule has 178 valence electrons. The fraction of sp³-hybridized carbons (Fsp3) is 0.174. The Hall–Kier alpha value is -4.87. The van der Waals surface area contributed by atoms with Gasteiger partial charge in [-0.15, -0.1) is 0 Å². The number of fused-ring (bicyclic) bond motifs is 2. The number of ether oxygens (including phenoxy) is 4. The highest BCUT2D eigenvalue weighted by molar-refractivity contribution is 5.83. The fourth-order valence-corrected chi connectivity index (χ4v) is 3.49. The van der Waals surface area contributed by atoms with E-state index in [1.807, 2.05) is 0 Å². The summed E-state index contributed by atoms with van der Waals surface area (Å²) in [5.74, 6) is 1.26. The van der Waals surface area contributed by atoms with Crippen LogP contribution in [0, 0.1) is 0 Å². The molecule has 0 spiro atoms. The number of hydrogen-bond acceptors (Lipinski definition) is 12. The number of methoxy groups -OCH3 is 4. The Kier molecular flexibility index (Phi) is 5.32. The second kappa shape index (κ2) is 8.48. The molecule has 0 N–H and O–H groups in total. The van der Waals surface area contributed by atoms with Crippen molar-refractivity contribution in [1.82, 2.24) is 15.1 Å². The van der Waals surface area contributed by atoms with E-state index in [1.165, 1.54) is 52.7 Å². The molecule has 3 heterocycles. The van der Waals surface area contributed by atoms with Crippen molar-refractivity contribution in [2.75, 3.05) is 28.4 Å². The van der Waals surface area contributed by atoms with Gasteiger partial charge in [0.2, 0.25) is 5.76 Å². The molecular weight excluding hydrogens is 462 g/mol. The van der Waals surface area contributed by atoms with Crippen molar-refractivity contribution in [3.8, 4) is 46.2 Å². The topological polar surface area (TPSA) is 149 Å². The van der Waals surface area contributed by atoms with Gasteiger partial charge < -0.3 is 32.3 Å². The normalized spacial score (nSPS) is 11.1. The maximum absolute atomic E-state index is 12.6. The minimum atomic E-state index is -0.666. The molecular formula is C23H17N3O9. The van der Waals surface area contributed by atoms with E-state index >= 15 is 0 Å². The fourth-order valence-electron chi connectivity index (χ4n) is 3.49. The van der Waals surface area contributed by atoms with Crippen LogP contribution >= 0.6 is 0 Å². The van der Waals surface area contributed by atoms with Gasteiger partial charge in [-0.05, 0) is 0 Å². The highest BCUT2D eigenvalue weighted by Gasteiger charge is 2.20. The molecule has 0 saturated heterocycles. The van der Waals surface area contributed by atoms with Crippen LogP contribution in [0.3, 0.4) is 0 Å².